The maximum absolute atomic E-state index is 11.9. The quantitative estimate of drug-likeness (QED) is 0.564. The van der Waals surface area contributed by atoms with Crippen LogP contribution in [0, 0.1) is 0 Å². The normalized spacial score (nSPS) is 19.2. The minimum atomic E-state index is -0.474. The van der Waals surface area contributed by atoms with Gasteiger partial charge in [0.1, 0.15) is 6.61 Å². The molecule has 0 saturated carbocycles. The predicted molar refractivity (Wildman–Crippen MR) is 99.2 cm³/mol. The molecule has 2 aliphatic heterocycles. The summed E-state index contributed by atoms with van der Waals surface area (Å²) < 4.78 is 27.7. The first-order valence-electron chi connectivity index (χ1n) is 9.34. The van der Waals surface area contributed by atoms with Crippen molar-refractivity contribution in [1.29, 1.82) is 0 Å². The second-order valence-corrected chi connectivity index (χ2v) is 6.61. The summed E-state index contributed by atoms with van der Waals surface area (Å²) in [5, 5.41) is 0. The Hall–Kier alpha value is -2.03. The van der Waals surface area contributed by atoms with Gasteiger partial charge in [-0.15, -0.1) is 0 Å². The fraction of sp³-hybridized carbons (Fsp3) is 0.632. The van der Waals surface area contributed by atoms with Gasteiger partial charge in [-0.1, -0.05) is 0 Å². The van der Waals surface area contributed by atoms with Gasteiger partial charge in [-0.3, -0.25) is 4.90 Å². The number of nitrogens with two attached hydrogens (primary N) is 1. The van der Waals surface area contributed by atoms with Crippen LogP contribution < -0.4 is 15.2 Å². The minimum absolute atomic E-state index is 0.277. The highest BCUT2D eigenvalue weighted by Crippen LogP contribution is 2.33. The molecule has 0 aromatic heterocycles. The van der Waals surface area contributed by atoms with Crippen LogP contribution in [0.2, 0.25) is 0 Å². The number of methoxy groups -OCH3 is 1. The van der Waals surface area contributed by atoms with Gasteiger partial charge < -0.3 is 29.4 Å². The minimum Gasteiger partial charge on any atom is -0.493 e. The van der Waals surface area contributed by atoms with Crippen LogP contribution in [-0.2, 0) is 14.2 Å². The van der Waals surface area contributed by atoms with Gasteiger partial charge in [0, 0.05) is 44.6 Å². The lowest BCUT2D eigenvalue weighted by atomic mass is 10.0. The number of anilines is 1. The molecule has 2 N–H and O–H groups in total. The number of carbonyl (C=O) groups excluding carboxylic acids is 1. The van der Waals surface area contributed by atoms with Gasteiger partial charge in [-0.25, -0.2) is 4.79 Å². The predicted octanol–water partition coefficient (Wildman–Crippen LogP) is 1.67. The number of carbonyl (C=O) groups is 1. The summed E-state index contributed by atoms with van der Waals surface area (Å²) in [5.41, 5.74) is 6.56. The van der Waals surface area contributed by atoms with Gasteiger partial charge in [0.2, 0.25) is 0 Å². The van der Waals surface area contributed by atoms with Crippen LogP contribution in [0.1, 0.15) is 30.1 Å². The summed E-state index contributed by atoms with van der Waals surface area (Å²) in [5.74, 6) is 0.132. The number of esters is 1. The molecule has 1 spiro atoms. The first-order chi connectivity index (χ1) is 13.1. The molecular formula is C19H28N2O6. The Morgan fingerprint density at radius 2 is 1.93 bits per heavy atom. The van der Waals surface area contributed by atoms with Crippen molar-refractivity contribution in [3.8, 4) is 11.5 Å². The van der Waals surface area contributed by atoms with Gasteiger partial charge in [-0.05, 0) is 6.92 Å². The molecule has 0 radical (unpaired) electrons. The molecule has 0 aliphatic carbocycles. The standard InChI is InChI=1S/C19H28N2O6/c1-3-24-18(22)14-12-16(23-2)17(13-15(14)20)25-9-8-21-6-4-19(5-7-21)26-10-11-27-19/h12-13H,3-11,20H2,1-2H3. The number of piperidine rings is 1. The van der Waals surface area contributed by atoms with E-state index in [2.05, 4.69) is 4.90 Å². The van der Waals surface area contributed by atoms with Crippen molar-refractivity contribution >= 4 is 11.7 Å². The zero-order valence-electron chi connectivity index (χ0n) is 16.0. The molecule has 150 valence electrons. The summed E-state index contributed by atoms with van der Waals surface area (Å²) in [7, 11) is 1.53. The Balaban J connectivity index is 1.53. The van der Waals surface area contributed by atoms with Crippen molar-refractivity contribution in [2.24, 2.45) is 0 Å². The zero-order chi connectivity index (χ0) is 19.3. The molecule has 1 aromatic carbocycles. The van der Waals surface area contributed by atoms with E-state index in [9.17, 15) is 4.79 Å². The second kappa shape index (κ2) is 8.77. The van der Waals surface area contributed by atoms with E-state index in [1.54, 1.807) is 19.1 Å². The number of benzene rings is 1. The van der Waals surface area contributed by atoms with E-state index in [1.807, 2.05) is 0 Å². The zero-order valence-corrected chi connectivity index (χ0v) is 16.0. The molecule has 2 heterocycles. The molecule has 2 aliphatic rings. The smallest absolute Gasteiger partial charge is 0.340 e. The number of hydrogen-bond acceptors (Lipinski definition) is 8. The lowest BCUT2D eigenvalue weighted by Gasteiger charge is -2.37. The third-order valence-electron chi connectivity index (χ3n) is 4.93. The van der Waals surface area contributed by atoms with E-state index in [0.29, 0.717) is 37.0 Å². The van der Waals surface area contributed by atoms with E-state index < -0.39 is 5.97 Å². The van der Waals surface area contributed by atoms with Crippen molar-refractivity contribution in [2.75, 3.05) is 58.9 Å². The van der Waals surface area contributed by atoms with Gasteiger partial charge in [0.15, 0.2) is 17.3 Å². The number of likely N-dealkylation sites (tertiary alicyclic amines) is 1. The maximum Gasteiger partial charge on any atom is 0.340 e. The molecule has 0 bridgehead atoms. The van der Waals surface area contributed by atoms with Crippen LogP contribution in [0.3, 0.4) is 0 Å². The highest BCUT2D eigenvalue weighted by Gasteiger charge is 2.39. The molecule has 8 heteroatoms. The van der Waals surface area contributed by atoms with E-state index in [1.165, 1.54) is 7.11 Å². The fourth-order valence-electron chi connectivity index (χ4n) is 3.42. The number of nitrogen functional groups attached to an aromatic ring is 1. The Morgan fingerprint density at radius 1 is 1.22 bits per heavy atom. The number of hydrogen-bond donors (Lipinski definition) is 1. The topological polar surface area (TPSA) is 92.5 Å². The SMILES string of the molecule is CCOC(=O)c1cc(OC)c(OCCN2CCC3(CC2)OCCO3)cc1N. The number of ether oxygens (including phenoxy) is 5. The van der Waals surface area contributed by atoms with Gasteiger partial charge in [0.05, 0.1) is 38.2 Å². The van der Waals surface area contributed by atoms with Crippen molar-refractivity contribution < 1.29 is 28.5 Å². The van der Waals surface area contributed by atoms with Crippen LogP contribution in [0.25, 0.3) is 0 Å². The first kappa shape index (κ1) is 19.7. The van der Waals surface area contributed by atoms with Gasteiger partial charge >= 0.3 is 5.97 Å². The molecule has 2 fully saturated rings. The van der Waals surface area contributed by atoms with Crippen molar-refractivity contribution in [3.63, 3.8) is 0 Å². The maximum atomic E-state index is 11.9. The van der Waals surface area contributed by atoms with Crippen LogP contribution >= 0.6 is 0 Å². The third-order valence-corrected chi connectivity index (χ3v) is 4.93. The lowest BCUT2D eigenvalue weighted by Crippen LogP contribution is -2.46. The Labute approximate surface area is 159 Å². The largest absolute Gasteiger partial charge is 0.493 e. The van der Waals surface area contributed by atoms with E-state index in [4.69, 9.17) is 29.4 Å². The fourth-order valence-corrected chi connectivity index (χ4v) is 3.42. The molecule has 3 rings (SSSR count). The summed E-state index contributed by atoms with van der Waals surface area (Å²) in [6.45, 7) is 6.48. The Morgan fingerprint density at radius 3 is 2.56 bits per heavy atom. The summed E-state index contributed by atoms with van der Waals surface area (Å²) in [6.07, 6.45) is 1.75. The molecule has 0 unspecified atom stereocenters. The molecule has 1 aromatic rings. The molecular weight excluding hydrogens is 352 g/mol. The van der Waals surface area contributed by atoms with E-state index in [-0.39, 0.29) is 18.0 Å². The monoisotopic (exact) mass is 380 g/mol. The second-order valence-electron chi connectivity index (χ2n) is 6.61. The van der Waals surface area contributed by atoms with Crippen LogP contribution in [-0.4, -0.2) is 69.8 Å². The highest BCUT2D eigenvalue weighted by molar-refractivity contribution is 5.96. The third kappa shape index (κ3) is 4.63. The average Bonchev–Trinajstić information content (AvgIpc) is 3.12. The van der Waals surface area contributed by atoms with Crippen LogP contribution in [0.5, 0.6) is 11.5 Å². The van der Waals surface area contributed by atoms with Crippen LogP contribution in [0.4, 0.5) is 5.69 Å². The average molecular weight is 380 g/mol. The van der Waals surface area contributed by atoms with Crippen molar-refractivity contribution in [3.05, 3.63) is 17.7 Å². The lowest BCUT2D eigenvalue weighted by molar-refractivity contribution is -0.185. The molecule has 2 saturated heterocycles. The highest BCUT2D eigenvalue weighted by atomic mass is 16.7. The molecule has 27 heavy (non-hydrogen) atoms. The van der Waals surface area contributed by atoms with E-state index >= 15 is 0 Å². The summed E-state index contributed by atoms with van der Waals surface area (Å²) >= 11 is 0. The van der Waals surface area contributed by atoms with Crippen molar-refractivity contribution in [1.82, 2.24) is 4.90 Å². The first-order valence-corrected chi connectivity index (χ1v) is 9.34. The molecule has 8 nitrogen and oxygen atoms in total. The Kier molecular flexibility index (Phi) is 6.41. The number of rotatable bonds is 7. The van der Waals surface area contributed by atoms with Crippen LogP contribution in [0.15, 0.2) is 12.1 Å². The van der Waals surface area contributed by atoms with Crippen molar-refractivity contribution in [2.45, 2.75) is 25.6 Å². The Bertz CT molecular complexity index is 650. The summed E-state index contributed by atoms with van der Waals surface area (Å²) in [6, 6.07) is 3.17. The van der Waals surface area contributed by atoms with Gasteiger partial charge in [-0.2, -0.15) is 0 Å². The summed E-state index contributed by atoms with van der Waals surface area (Å²) in [4.78, 5) is 14.3. The van der Waals surface area contributed by atoms with Gasteiger partial charge in [0.25, 0.3) is 0 Å². The molecule has 0 atom stereocenters. The number of nitrogens with zero attached hydrogens (tertiary/aromatic N) is 1. The molecule has 0 amide bonds. The van der Waals surface area contributed by atoms with E-state index in [0.717, 1.165) is 32.5 Å².